The van der Waals surface area contributed by atoms with Gasteiger partial charge in [0, 0.05) is 6.61 Å². The molecule has 0 rings (SSSR count). The fourth-order valence-corrected chi connectivity index (χ4v) is 2.89. The summed E-state index contributed by atoms with van der Waals surface area (Å²) >= 11 is 0. The van der Waals surface area contributed by atoms with Gasteiger partial charge in [0.05, 0.1) is 5.60 Å². The van der Waals surface area contributed by atoms with Crippen LogP contribution in [-0.4, -0.2) is 22.4 Å². The first-order valence-electron chi connectivity index (χ1n) is 9.45. The lowest BCUT2D eigenvalue weighted by Crippen LogP contribution is -2.25. The molecular formula is C19H40O2. The first-order chi connectivity index (χ1) is 10.1. The second kappa shape index (κ2) is 14.8. The Morgan fingerprint density at radius 2 is 1.00 bits per heavy atom. The van der Waals surface area contributed by atoms with Gasteiger partial charge in [-0.25, -0.2) is 0 Å². The molecule has 0 heterocycles. The predicted octanol–water partition coefficient (Wildman–Crippen LogP) is 5.60. The molecule has 2 heteroatoms. The molecule has 0 amide bonds. The third-order valence-electron chi connectivity index (χ3n) is 4.47. The SMILES string of the molecule is CCCCCCCCCCCCCCCC(C)(O)CCO. The molecule has 0 aliphatic heterocycles. The highest BCUT2D eigenvalue weighted by Gasteiger charge is 2.18. The summed E-state index contributed by atoms with van der Waals surface area (Å²) in [5.41, 5.74) is -0.660. The molecule has 0 aromatic rings. The van der Waals surface area contributed by atoms with Crippen molar-refractivity contribution in [2.75, 3.05) is 6.61 Å². The van der Waals surface area contributed by atoms with Crippen molar-refractivity contribution in [1.82, 2.24) is 0 Å². The Bertz CT molecular complexity index is 202. The van der Waals surface area contributed by atoms with Crippen molar-refractivity contribution in [2.45, 2.75) is 116 Å². The van der Waals surface area contributed by atoms with Crippen LogP contribution in [0.3, 0.4) is 0 Å². The number of aliphatic hydroxyl groups excluding tert-OH is 1. The Hall–Kier alpha value is -0.0800. The van der Waals surface area contributed by atoms with Crippen LogP contribution in [0.2, 0.25) is 0 Å². The average molecular weight is 301 g/mol. The zero-order chi connectivity index (χ0) is 15.8. The van der Waals surface area contributed by atoms with Crippen molar-refractivity contribution in [1.29, 1.82) is 0 Å². The van der Waals surface area contributed by atoms with Gasteiger partial charge in [0.2, 0.25) is 0 Å². The molecule has 1 unspecified atom stereocenters. The molecule has 2 N–H and O–H groups in total. The van der Waals surface area contributed by atoms with Gasteiger partial charge in [-0.15, -0.1) is 0 Å². The molecule has 0 aromatic heterocycles. The lowest BCUT2D eigenvalue weighted by molar-refractivity contribution is 0.0232. The van der Waals surface area contributed by atoms with Crippen molar-refractivity contribution in [3.8, 4) is 0 Å². The van der Waals surface area contributed by atoms with E-state index in [2.05, 4.69) is 6.92 Å². The number of rotatable bonds is 16. The Morgan fingerprint density at radius 3 is 1.38 bits per heavy atom. The van der Waals surface area contributed by atoms with Crippen LogP contribution in [0.25, 0.3) is 0 Å². The Kier molecular flexibility index (Phi) is 14.8. The van der Waals surface area contributed by atoms with Gasteiger partial charge in [0.15, 0.2) is 0 Å². The van der Waals surface area contributed by atoms with Gasteiger partial charge in [-0.2, -0.15) is 0 Å². The summed E-state index contributed by atoms with van der Waals surface area (Å²) in [6, 6.07) is 0. The van der Waals surface area contributed by atoms with Gasteiger partial charge in [-0.05, 0) is 19.8 Å². The molecule has 1 atom stereocenters. The smallest absolute Gasteiger partial charge is 0.0641 e. The molecule has 0 saturated carbocycles. The molecular weight excluding hydrogens is 260 g/mol. The highest BCUT2D eigenvalue weighted by atomic mass is 16.3. The van der Waals surface area contributed by atoms with E-state index in [9.17, 15) is 5.11 Å². The van der Waals surface area contributed by atoms with Crippen molar-refractivity contribution >= 4 is 0 Å². The molecule has 0 fully saturated rings. The lowest BCUT2D eigenvalue weighted by Gasteiger charge is -2.21. The van der Waals surface area contributed by atoms with E-state index < -0.39 is 5.60 Å². The van der Waals surface area contributed by atoms with E-state index in [0.29, 0.717) is 6.42 Å². The third-order valence-corrected chi connectivity index (χ3v) is 4.47. The van der Waals surface area contributed by atoms with E-state index in [1.54, 1.807) is 0 Å². The van der Waals surface area contributed by atoms with Gasteiger partial charge < -0.3 is 10.2 Å². The van der Waals surface area contributed by atoms with Crippen molar-refractivity contribution < 1.29 is 10.2 Å². The van der Waals surface area contributed by atoms with Gasteiger partial charge in [-0.1, -0.05) is 90.4 Å². The van der Waals surface area contributed by atoms with Crippen LogP contribution in [0.1, 0.15) is 110 Å². The monoisotopic (exact) mass is 300 g/mol. The molecule has 0 aliphatic carbocycles. The zero-order valence-corrected chi connectivity index (χ0v) is 14.7. The van der Waals surface area contributed by atoms with Crippen LogP contribution in [0.4, 0.5) is 0 Å². The molecule has 0 spiro atoms. The minimum absolute atomic E-state index is 0.0887. The topological polar surface area (TPSA) is 40.5 Å². The molecule has 21 heavy (non-hydrogen) atoms. The molecule has 0 radical (unpaired) electrons. The van der Waals surface area contributed by atoms with Gasteiger partial charge >= 0.3 is 0 Å². The van der Waals surface area contributed by atoms with E-state index in [1.807, 2.05) is 6.92 Å². The minimum Gasteiger partial charge on any atom is -0.396 e. The van der Waals surface area contributed by atoms with E-state index >= 15 is 0 Å². The summed E-state index contributed by atoms with van der Waals surface area (Å²) in [6.07, 6.45) is 18.9. The maximum atomic E-state index is 9.93. The summed E-state index contributed by atoms with van der Waals surface area (Å²) in [7, 11) is 0. The largest absolute Gasteiger partial charge is 0.396 e. The van der Waals surface area contributed by atoms with Crippen LogP contribution in [0.15, 0.2) is 0 Å². The maximum absolute atomic E-state index is 9.93. The van der Waals surface area contributed by atoms with Crippen molar-refractivity contribution in [3.05, 3.63) is 0 Å². The number of aliphatic hydroxyl groups is 2. The van der Waals surface area contributed by atoms with Crippen LogP contribution in [0, 0.1) is 0 Å². The molecule has 2 nitrogen and oxygen atoms in total. The third kappa shape index (κ3) is 16.1. The Morgan fingerprint density at radius 1 is 0.619 bits per heavy atom. The minimum atomic E-state index is -0.660. The molecule has 0 aliphatic rings. The molecule has 128 valence electrons. The zero-order valence-electron chi connectivity index (χ0n) is 14.7. The molecule has 0 aromatic carbocycles. The van der Waals surface area contributed by atoms with Crippen LogP contribution >= 0.6 is 0 Å². The van der Waals surface area contributed by atoms with Crippen LogP contribution in [-0.2, 0) is 0 Å². The van der Waals surface area contributed by atoms with Gasteiger partial charge in [0.25, 0.3) is 0 Å². The fourth-order valence-electron chi connectivity index (χ4n) is 2.89. The van der Waals surface area contributed by atoms with E-state index in [4.69, 9.17) is 5.11 Å². The van der Waals surface area contributed by atoms with E-state index in [0.717, 1.165) is 12.8 Å². The Labute approximate surface area is 133 Å². The van der Waals surface area contributed by atoms with Crippen molar-refractivity contribution in [2.24, 2.45) is 0 Å². The first-order valence-corrected chi connectivity index (χ1v) is 9.45. The standard InChI is InChI=1S/C19H40O2/c1-3-4-5-6-7-8-9-10-11-12-13-14-15-16-19(2,21)17-18-20/h20-21H,3-18H2,1-2H3. The van der Waals surface area contributed by atoms with Crippen molar-refractivity contribution in [3.63, 3.8) is 0 Å². The summed E-state index contributed by atoms with van der Waals surface area (Å²) in [5.74, 6) is 0. The van der Waals surface area contributed by atoms with E-state index in [-0.39, 0.29) is 6.61 Å². The maximum Gasteiger partial charge on any atom is 0.0641 e. The highest BCUT2D eigenvalue weighted by Crippen LogP contribution is 2.19. The second-order valence-corrected chi connectivity index (χ2v) is 6.96. The number of hydrogen-bond donors (Lipinski definition) is 2. The number of hydrogen-bond acceptors (Lipinski definition) is 2. The van der Waals surface area contributed by atoms with Gasteiger partial charge in [0.1, 0.15) is 0 Å². The van der Waals surface area contributed by atoms with Crippen LogP contribution < -0.4 is 0 Å². The predicted molar refractivity (Wildman–Crippen MR) is 92.6 cm³/mol. The summed E-state index contributed by atoms with van der Waals surface area (Å²) in [4.78, 5) is 0. The Balaban J connectivity index is 3.12. The number of unbranched alkanes of at least 4 members (excludes halogenated alkanes) is 12. The summed E-state index contributed by atoms with van der Waals surface area (Å²) < 4.78 is 0. The first kappa shape index (κ1) is 20.9. The highest BCUT2D eigenvalue weighted by molar-refractivity contribution is 4.71. The fraction of sp³-hybridized carbons (Fsp3) is 1.00. The van der Waals surface area contributed by atoms with Gasteiger partial charge in [-0.3, -0.25) is 0 Å². The summed E-state index contributed by atoms with van der Waals surface area (Å²) in [5, 5.41) is 18.8. The quantitative estimate of drug-likeness (QED) is 0.364. The average Bonchev–Trinajstić information content (AvgIpc) is 2.44. The van der Waals surface area contributed by atoms with E-state index in [1.165, 1.54) is 77.0 Å². The lowest BCUT2D eigenvalue weighted by atomic mass is 9.94. The second-order valence-electron chi connectivity index (χ2n) is 6.96. The molecule has 0 saturated heterocycles. The molecule has 0 bridgehead atoms. The normalized spacial score (nSPS) is 14.3. The van der Waals surface area contributed by atoms with Crippen LogP contribution in [0.5, 0.6) is 0 Å². The summed E-state index contributed by atoms with van der Waals surface area (Å²) in [6.45, 7) is 4.20.